The van der Waals surface area contributed by atoms with E-state index in [2.05, 4.69) is 26.0 Å². The van der Waals surface area contributed by atoms with Gasteiger partial charge in [0.05, 0.1) is 20.8 Å². The zero-order valence-electron chi connectivity index (χ0n) is 15.4. The van der Waals surface area contributed by atoms with Crippen LogP contribution in [0.25, 0.3) is 0 Å². The van der Waals surface area contributed by atoms with Crippen molar-refractivity contribution in [2.24, 2.45) is 5.73 Å². The van der Waals surface area contributed by atoms with Crippen LogP contribution in [0.4, 0.5) is 0 Å². The number of hydrogen-bond acceptors (Lipinski definition) is 4. The molecule has 2 atom stereocenters. The SMILES string of the molecule is COc1ccc(C2c3cc(C)c(C)cc3CCC2N)c(CO)c1OC. The highest BCUT2D eigenvalue weighted by Gasteiger charge is 2.32. The van der Waals surface area contributed by atoms with E-state index >= 15 is 0 Å². The van der Waals surface area contributed by atoms with E-state index in [4.69, 9.17) is 15.2 Å². The highest BCUT2D eigenvalue weighted by molar-refractivity contribution is 5.56. The second kappa shape index (κ2) is 7.06. The molecule has 3 rings (SSSR count). The first kappa shape index (κ1) is 17.8. The third-order valence-electron chi connectivity index (χ3n) is 5.44. The molecule has 134 valence electrons. The summed E-state index contributed by atoms with van der Waals surface area (Å²) in [5.41, 5.74) is 13.5. The first-order valence-electron chi connectivity index (χ1n) is 8.72. The van der Waals surface area contributed by atoms with E-state index in [0.29, 0.717) is 11.5 Å². The van der Waals surface area contributed by atoms with Gasteiger partial charge in [-0.3, -0.25) is 0 Å². The maximum atomic E-state index is 10.0. The smallest absolute Gasteiger partial charge is 0.166 e. The molecule has 0 radical (unpaired) electrons. The average Bonchev–Trinajstić information content (AvgIpc) is 2.62. The van der Waals surface area contributed by atoms with Crippen LogP contribution in [-0.4, -0.2) is 25.4 Å². The summed E-state index contributed by atoms with van der Waals surface area (Å²) >= 11 is 0. The van der Waals surface area contributed by atoms with Gasteiger partial charge in [-0.15, -0.1) is 0 Å². The number of hydrogen-bond donors (Lipinski definition) is 2. The van der Waals surface area contributed by atoms with Crippen LogP contribution >= 0.6 is 0 Å². The Labute approximate surface area is 149 Å². The first-order valence-corrected chi connectivity index (χ1v) is 8.72. The zero-order chi connectivity index (χ0) is 18.1. The monoisotopic (exact) mass is 341 g/mol. The molecule has 0 spiro atoms. The maximum Gasteiger partial charge on any atom is 0.166 e. The molecule has 25 heavy (non-hydrogen) atoms. The van der Waals surface area contributed by atoms with Crippen LogP contribution in [0.1, 0.15) is 45.7 Å². The number of fused-ring (bicyclic) bond motifs is 1. The van der Waals surface area contributed by atoms with Crippen LogP contribution in [0.2, 0.25) is 0 Å². The highest BCUT2D eigenvalue weighted by Crippen LogP contribution is 2.43. The van der Waals surface area contributed by atoms with E-state index in [1.54, 1.807) is 14.2 Å². The number of aliphatic hydroxyl groups is 1. The number of nitrogens with two attached hydrogens (primary N) is 1. The van der Waals surface area contributed by atoms with Gasteiger partial charge in [-0.05, 0) is 60.6 Å². The summed E-state index contributed by atoms with van der Waals surface area (Å²) in [6.07, 6.45) is 1.93. The molecule has 1 aliphatic rings. The van der Waals surface area contributed by atoms with E-state index in [1.165, 1.54) is 22.3 Å². The van der Waals surface area contributed by atoms with Crippen molar-refractivity contribution in [3.8, 4) is 11.5 Å². The predicted molar refractivity (Wildman–Crippen MR) is 99.5 cm³/mol. The minimum atomic E-state index is -0.112. The van der Waals surface area contributed by atoms with Crippen molar-refractivity contribution >= 4 is 0 Å². The molecule has 0 heterocycles. The number of methoxy groups -OCH3 is 2. The van der Waals surface area contributed by atoms with E-state index in [0.717, 1.165) is 24.0 Å². The largest absolute Gasteiger partial charge is 0.493 e. The molecule has 0 aromatic heterocycles. The van der Waals surface area contributed by atoms with E-state index in [-0.39, 0.29) is 18.6 Å². The van der Waals surface area contributed by atoms with Gasteiger partial charge in [0.25, 0.3) is 0 Å². The molecule has 4 heteroatoms. The van der Waals surface area contributed by atoms with Gasteiger partial charge in [0, 0.05) is 17.5 Å². The zero-order valence-corrected chi connectivity index (χ0v) is 15.4. The van der Waals surface area contributed by atoms with Gasteiger partial charge in [-0.1, -0.05) is 18.2 Å². The molecule has 4 nitrogen and oxygen atoms in total. The summed E-state index contributed by atoms with van der Waals surface area (Å²) < 4.78 is 10.9. The van der Waals surface area contributed by atoms with E-state index < -0.39 is 0 Å². The molecule has 0 bridgehead atoms. The summed E-state index contributed by atoms with van der Waals surface area (Å²) in [6.45, 7) is 4.17. The Morgan fingerprint density at radius 1 is 1.08 bits per heavy atom. The fraction of sp³-hybridized carbons (Fsp3) is 0.429. The standard InChI is InChI=1S/C21H27NO3/c1-12-9-14-5-7-18(22)20(16(14)10-13(12)2)15-6-8-19(24-3)21(25-4)17(15)11-23/h6,8-10,18,20,23H,5,7,11,22H2,1-4H3. The Morgan fingerprint density at radius 2 is 1.80 bits per heavy atom. The molecule has 2 aromatic rings. The van der Waals surface area contributed by atoms with Crippen molar-refractivity contribution in [2.75, 3.05) is 14.2 Å². The lowest BCUT2D eigenvalue weighted by Crippen LogP contribution is -2.34. The minimum Gasteiger partial charge on any atom is -0.493 e. The Kier molecular flexibility index (Phi) is 5.02. The van der Waals surface area contributed by atoms with Gasteiger partial charge < -0.3 is 20.3 Å². The molecule has 3 N–H and O–H groups in total. The summed E-state index contributed by atoms with van der Waals surface area (Å²) in [5, 5.41) is 10.0. The Bertz CT molecular complexity index is 785. The average molecular weight is 341 g/mol. The van der Waals surface area contributed by atoms with Crippen LogP contribution in [-0.2, 0) is 13.0 Å². The molecule has 1 aliphatic carbocycles. The molecular weight excluding hydrogens is 314 g/mol. The Balaban J connectivity index is 2.21. The van der Waals surface area contributed by atoms with Gasteiger partial charge in [0.15, 0.2) is 11.5 Å². The molecule has 0 saturated carbocycles. The molecule has 0 saturated heterocycles. The van der Waals surface area contributed by atoms with Crippen molar-refractivity contribution < 1.29 is 14.6 Å². The van der Waals surface area contributed by atoms with Crippen LogP contribution < -0.4 is 15.2 Å². The second-order valence-corrected chi connectivity index (χ2v) is 6.84. The van der Waals surface area contributed by atoms with Crippen molar-refractivity contribution in [1.29, 1.82) is 0 Å². The van der Waals surface area contributed by atoms with Crippen molar-refractivity contribution in [3.63, 3.8) is 0 Å². The second-order valence-electron chi connectivity index (χ2n) is 6.84. The minimum absolute atomic E-state index is 0.0120. The van der Waals surface area contributed by atoms with Crippen molar-refractivity contribution in [2.45, 2.75) is 45.3 Å². The maximum absolute atomic E-state index is 10.0. The fourth-order valence-corrected chi connectivity index (χ4v) is 3.98. The third-order valence-corrected chi connectivity index (χ3v) is 5.44. The van der Waals surface area contributed by atoms with Crippen LogP contribution in [0.3, 0.4) is 0 Å². The normalized spacial score (nSPS) is 19.4. The molecular formula is C21H27NO3. The number of aliphatic hydroxyl groups excluding tert-OH is 1. The van der Waals surface area contributed by atoms with Crippen LogP contribution in [0.5, 0.6) is 11.5 Å². The van der Waals surface area contributed by atoms with E-state index in [1.807, 2.05) is 12.1 Å². The van der Waals surface area contributed by atoms with Crippen LogP contribution in [0, 0.1) is 13.8 Å². The van der Waals surface area contributed by atoms with E-state index in [9.17, 15) is 5.11 Å². The Hall–Kier alpha value is -2.04. The Morgan fingerprint density at radius 3 is 2.44 bits per heavy atom. The lowest BCUT2D eigenvalue weighted by Gasteiger charge is -2.34. The molecule has 0 fully saturated rings. The van der Waals surface area contributed by atoms with Gasteiger partial charge >= 0.3 is 0 Å². The van der Waals surface area contributed by atoms with Crippen LogP contribution in [0.15, 0.2) is 24.3 Å². The number of rotatable bonds is 4. The summed E-state index contributed by atoms with van der Waals surface area (Å²) in [4.78, 5) is 0. The van der Waals surface area contributed by atoms with Gasteiger partial charge in [0.1, 0.15) is 0 Å². The molecule has 0 aliphatic heterocycles. The van der Waals surface area contributed by atoms with Gasteiger partial charge in [0.2, 0.25) is 0 Å². The predicted octanol–water partition coefficient (Wildman–Crippen LogP) is 3.22. The van der Waals surface area contributed by atoms with Crippen molar-refractivity contribution in [1.82, 2.24) is 0 Å². The summed E-state index contributed by atoms with van der Waals surface area (Å²) in [6, 6.07) is 8.46. The number of benzene rings is 2. The summed E-state index contributed by atoms with van der Waals surface area (Å²) in [5.74, 6) is 1.26. The summed E-state index contributed by atoms with van der Waals surface area (Å²) in [7, 11) is 3.20. The quantitative estimate of drug-likeness (QED) is 0.896. The molecule has 0 amide bonds. The molecule has 2 unspecified atom stereocenters. The van der Waals surface area contributed by atoms with Crippen molar-refractivity contribution in [3.05, 3.63) is 57.6 Å². The lowest BCUT2D eigenvalue weighted by molar-refractivity contribution is 0.267. The number of aryl methyl sites for hydroxylation is 3. The first-order chi connectivity index (χ1) is 12.0. The fourth-order valence-electron chi connectivity index (χ4n) is 3.98. The highest BCUT2D eigenvalue weighted by atomic mass is 16.5. The lowest BCUT2D eigenvalue weighted by atomic mass is 9.73. The third kappa shape index (κ3) is 3.00. The topological polar surface area (TPSA) is 64.7 Å². The molecule has 2 aromatic carbocycles. The van der Waals surface area contributed by atoms with Gasteiger partial charge in [-0.25, -0.2) is 0 Å². The van der Waals surface area contributed by atoms with Gasteiger partial charge in [-0.2, -0.15) is 0 Å². The number of ether oxygens (including phenoxy) is 2.